The second kappa shape index (κ2) is 5.98. The summed E-state index contributed by atoms with van der Waals surface area (Å²) >= 11 is 0.938. The summed E-state index contributed by atoms with van der Waals surface area (Å²) < 4.78 is 29.6. The summed E-state index contributed by atoms with van der Waals surface area (Å²) in [6.07, 6.45) is 0. The molecule has 0 unspecified atom stereocenters. The minimum Gasteiger partial charge on any atom is -0.321 e. The van der Waals surface area contributed by atoms with Crippen LogP contribution >= 0.6 is 11.5 Å². The first-order chi connectivity index (χ1) is 10.6. The number of amides is 1. The lowest BCUT2D eigenvalue weighted by atomic mass is 10.1. The van der Waals surface area contributed by atoms with E-state index in [0.717, 1.165) is 11.5 Å². The van der Waals surface area contributed by atoms with Gasteiger partial charge >= 0.3 is 0 Å². The molecule has 1 amide bonds. The fourth-order valence-electron chi connectivity index (χ4n) is 1.86. The number of anilines is 1. The van der Waals surface area contributed by atoms with Crippen LogP contribution in [0.2, 0.25) is 0 Å². The van der Waals surface area contributed by atoms with Crippen LogP contribution in [0.3, 0.4) is 0 Å². The summed E-state index contributed by atoms with van der Waals surface area (Å²) in [5.74, 6) is -1.16. The second-order valence-electron chi connectivity index (χ2n) is 4.42. The van der Waals surface area contributed by atoms with E-state index in [4.69, 9.17) is 0 Å². The molecule has 1 heterocycles. The van der Waals surface area contributed by atoms with Gasteiger partial charge in [-0.2, -0.15) is 0 Å². The average molecular weight is 317 g/mol. The van der Waals surface area contributed by atoms with Crippen molar-refractivity contribution in [1.82, 2.24) is 9.59 Å². The van der Waals surface area contributed by atoms with E-state index in [2.05, 4.69) is 14.9 Å². The lowest BCUT2D eigenvalue weighted by molar-refractivity contribution is 0.103. The first-order valence-corrected chi connectivity index (χ1v) is 7.06. The number of nitrogens with zero attached hydrogens (tertiary/aromatic N) is 2. The van der Waals surface area contributed by atoms with Crippen LogP contribution in [0.5, 0.6) is 0 Å². The minimum atomic E-state index is -0.402. The van der Waals surface area contributed by atoms with Crippen LogP contribution in [-0.4, -0.2) is 15.5 Å². The number of halogens is 2. The summed E-state index contributed by atoms with van der Waals surface area (Å²) in [4.78, 5) is 12.6. The minimum absolute atomic E-state index is 0.302. The third-order valence-corrected chi connectivity index (χ3v) is 3.64. The van der Waals surface area contributed by atoms with Crippen molar-refractivity contribution >= 4 is 23.1 Å². The van der Waals surface area contributed by atoms with Gasteiger partial charge in [-0.3, -0.25) is 4.79 Å². The number of hydrogen-bond acceptors (Lipinski definition) is 4. The maximum absolute atomic E-state index is 13.0. The molecular formula is C15H9F2N3OS. The fourth-order valence-corrected chi connectivity index (χ4v) is 2.44. The molecule has 0 aliphatic rings. The van der Waals surface area contributed by atoms with Gasteiger partial charge in [0.25, 0.3) is 5.91 Å². The van der Waals surface area contributed by atoms with E-state index in [0.29, 0.717) is 21.8 Å². The quantitative estimate of drug-likeness (QED) is 0.800. The number of aromatic nitrogens is 2. The molecular weight excluding hydrogens is 308 g/mol. The maximum Gasteiger partial charge on any atom is 0.269 e. The Morgan fingerprint density at radius 3 is 2.18 bits per heavy atom. The van der Waals surface area contributed by atoms with Crippen LogP contribution < -0.4 is 5.32 Å². The molecule has 1 aromatic heterocycles. The highest BCUT2D eigenvalue weighted by molar-refractivity contribution is 7.08. The Bertz CT molecular complexity index is 800. The molecule has 0 fully saturated rings. The van der Waals surface area contributed by atoms with E-state index in [9.17, 15) is 13.6 Å². The molecule has 3 aromatic rings. The number of hydrogen-bond donors (Lipinski definition) is 1. The van der Waals surface area contributed by atoms with Gasteiger partial charge in [-0.15, -0.1) is 5.10 Å². The van der Waals surface area contributed by atoms with Crippen molar-refractivity contribution in [2.45, 2.75) is 0 Å². The predicted molar refractivity (Wildman–Crippen MR) is 79.7 cm³/mol. The van der Waals surface area contributed by atoms with Crippen LogP contribution in [0.1, 0.15) is 9.67 Å². The van der Waals surface area contributed by atoms with Crippen LogP contribution in [-0.2, 0) is 0 Å². The Morgan fingerprint density at radius 2 is 1.55 bits per heavy atom. The predicted octanol–water partition coefficient (Wildman–Crippen LogP) is 3.74. The van der Waals surface area contributed by atoms with Gasteiger partial charge in [-0.05, 0) is 60.1 Å². The number of nitrogens with one attached hydrogen (secondary N) is 1. The van der Waals surface area contributed by atoms with Gasteiger partial charge in [0.1, 0.15) is 22.2 Å². The molecule has 0 radical (unpaired) electrons. The zero-order valence-corrected chi connectivity index (χ0v) is 11.9. The zero-order valence-electron chi connectivity index (χ0n) is 11.1. The summed E-state index contributed by atoms with van der Waals surface area (Å²) in [6, 6.07) is 11.1. The lowest BCUT2D eigenvalue weighted by Gasteiger charge is -2.04. The molecule has 0 aliphatic heterocycles. The van der Waals surface area contributed by atoms with Gasteiger partial charge in [-0.25, -0.2) is 8.78 Å². The van der Waals surface area contributed by atoms with Gasteiger partial charge in [0, 0.05) is 11.3 Å². The highest BCUT2D eigenvalue weighted by atomic mass is 32.1. The molecule has 0 saturated carbocycles. The van der Waals surface area contributed by atoms with E-state index in [1.807, 2.05) is 0 Å². The van der Waals surface area contributed by atoms with E-state index in [-0.39, 0.29) is 11.6 Å². The summed E-state index contributed by atoms with van der Waals surface area (Å²) in [5, 5.41) is 6.56. The number of carbonyl (C=O) groups excluding carboxylic acids is 1. The third kappa shape index (κ3) is 2.99. The van der Waals surface area contributed by atoms with Crippen LogP contribution in [0.25, 0.3) is 11.3 Å². The van der Waals surface area contributed by atoms with Crippen LogP contribution in [0.15, 0.2) is 48.5 Å². The van der Waals surface area contributed by atoms with Gasteiger partial charge in [-0.1, -0.05) is 4.49 Å². The van der Waals surface area contributed by atoms with Gasteiger partial charge < -0.3 is 5.32 Å². The Kier molecular flexibility index (Phi) is 3.88. The Hall–Kier alpha value is -2.67. The number of benzene rings is 2. The molecule has 3 rings (SSSR count). The van der Waals surface area contributed by atoms with Crippen molar-refractivity contribution in [3.63, 3.8) is 0 Å². The fraction of sp³-hybridized carbons (Fsp3) is 0. The molecule has 0 bridgehead atoms. The zero-order chi connectivity index (χ0) is 15.5. The van der Waals surface area contributed by atoms with Gasteiger partial charge in [0.2, 0.25) is 0 Å². The van der Waals surface area contributed by atoms with Crippen molar-refractivity contribution < 1.29 is 13.6 Å². The number of rotatable bonds is 3. The molecule has 0 atom stereocenters. The standard InChI is InChI=1S/C15H9F2N3OS/c16-10-3-1-9(2-4-10)13-14(22-20-19-13)15(21)18-12-7-5-11(17)6-8-12/h1-8H,(H,18,21). The summed E-state index contributed by atoms with van der Waals surface area (Å²) in [7, 11) is 0. The Balaban J connectivity index is 1.86. The first-order valence-electron chi connectivity index (χ1n) is 6.29. The van der Waals surface area contributed by atoms with E-state index in [1.165, 1.54) is 48.5 Å². The topological polar surface area (TPSA) is 54.9 Å². The largest absolute Gasteiger partial charge is 0.321 e. The monoisotopic (exact) mass is 317 g/mol. The van der Waals surface area contributed by atoms with E-state index < -0.39 is 5.91 Å². The molecule has 0 saturated heterocycles. The SMILES string of the molecule is O=C(Nc1ccc(F)cc1)c1snnc1-c1ccc(F)cc1. The Morgan fingerprint density at radius 1 is 0.955 bits per heavy atom. The first kappa shape index (κ1) is 14.3. The molecule has 2 aromatic carbocycles. The van der Waals surface area contributed by atoms with Crippen molar-refractivity contribution in [1.29, 1.82) is 0 Å². The van der Waals surface area contributed by atoms with Gasteiger partial charge in [0.15, 0.2) is 0 Å². The summed E-state index contributed by atoms with van der Waals surface area (Å²) in [6.45, 7) is 0. The second-order valence-corrected chi connectivity index (χ2v) is 5.17. The van der Waals surface area contributed by atoms with Crippen LogP contribution in [0.4, 0.5) is 14.5 Å². The van der Waals surface area contributed by atoms with E-state index in [1.54, 1.807) is 0 Å². The highest BCUT2D eigenvalue weighted by Crippen LogP contribution is 2.25. The van der Waals surface area contributed by atoms with Crippen LogP contribution in [0, 0.1) is 11.6 Å². The molecule has 22 heavy (non-hydrogen) atoms. The third-order valence-electron chi connectivity index (χ3n) is 2.91. The highest BCUT2D eigenvalue weighted by Gasteiger charge is 2.18. The molecule has 7 heteroatoms. The molecule has 0 spiro atoms. The van der Waals surface area contributed by atoms with E-state index >= 15 is 0 Å². The van der Waals surface area contributed by atoms with Crippen molar-refractivity contribution in [3.8, 4) is 11.3 Å². The summed E-state index contributed by atoms with van der Waals surface area (Å²) in [5.41, 5.74) is 1.44. The van der Waals surface area contributed by atoms with Crippen molar-refractivity contribution in [3.05, 3.63) is 65.0 Å². The Labute approximate surface area is 128 Å². The smallest absolute Gasteiger partial charge is 0.269 e. The van der Waals surface area contributed by atoms with Crippen molar-refractivity contribution in [2.75, 3.05) is 5.32 Å². The molecule has 1 N–H and O–H groups in total. The maximum atomic E-state index is 13.0. The lowest BCUT2D eigenvalue weighted by Crippen LogP contribution is -2.11. The van der Waals surface area contributed by atoms with Gasteiger partial charge in [0.05, 0.1) is 0 Å². The normalized spacial score (nSPS) is 10.5. The number of carbonyl (C=O) groups is 1. The molecule has 0 aliphatic carbocycles. The average Bonchev–Trinajstić information content (AvgIpc) is 3.00. The molecule has 110 valence electrons. The molecule has 4 nitrogen and oxygen atoms in total. The van der Waals surface area contributed by atoms with Crippen molar-refractivity contribution in [2.24, 2.45) is 0 Å².